The summed E-state index contributed by atoms with van der Waals surface area (Å²) in [5.74, 6) is 0.719. The van der Waals surface area contributed by atoms with E-state index in [-0.39, 0.29) is 5.78 Å². The van der Waals surface area contributed by atoms with Crippen molar-refractivity contribution >= 4 is 25.5 Å². The van der Waals surface area contributed by atoms with Crippen molar-refractivity contribution in [2.24, 2.45) is 0 Å². The zero-order valence-electron chi connectivity index (χ0n) is 11.1. The van der Waals surface area contributed by atoms with Crippen molar-refractivity contribution in [3.05, 3.63) is 41.1 Å². The summed E-state index contributed by atoms with van der Waals surface area (Å²) in [7, 11) is 0.138. The second-order valence-electron chi connectivity index (χ2n) is 4.97. The Bertz CT molecular complexity index is 455. The minimum absolute atomic E-state index is 0.127. The molecule has 0 aliphatic rings. The molecular formula is C14H19ClO2Si. The fraction of sp³-hybridized carbons (Fsp3) is 0.357. The third kappa shape index (κ3) is 4.00. The molecule has 0 spiro atoms. The zero-order valence-corrected chi connectivity index (χ0v) is 12.9. The van der Waals surface area contributed by atoms with Gasteiger partial charge in [0.1, 0.15) is 5.75 Å². The summed E-state index contributed by atoms with van der Waals surface area (Å²) in [5, 5.41) is 0.476. The van der Waals surface area contributed by atoms with Gasteiger partial charge in [-0.2, -0.15) is 0 Å². The topological polar surface area (TPSA) is 26.3 Å². The third-order valence-electron chi connectivity index (χ3n) is 3.02. The Kier molecular flexibility index (Phi) is 5.17. The number of ketones is 1. The molecule has 0 radical (unpaired) electrons. The molecule has 0 bridgehead atoms. The fourth-order valence-electron chi connectivity index (χ4n) is 1.52. The van der Waals surface area contributed by atoms with Gasteiger partial charge in [0.05, 0.1) is 20.2 Å². The van der Waals surface area contributed by atoms with Crippen LogP contribution in [-0.2, 0) is 0 Å². The molecule has 0 N–H and O–H groups in total. The molecule has 1 aromatic rings. The maximum absolute atomic E-state index is 12.0. The first kappa shape index (κ1) is 15.0. The van der Waals surface area contributed by atoms with E-state index in [4.69, 9.17) is 16.3 Å². The van der Waals surface area contributed by atoms with Crippen LogP contribution in [0.25, 0.3) is 0 Å². The minimum Gasteiger partial charge on any atom is -0.495 e. The maximum atomic E-state index is 12.0. The quantitative estimate of drug-likeness (QED) is 0.572. The van der Waals surface area contributed by atoms with Crippen molar-refractivity contribution in [3.8, 4) is 5.75 Å². The van der Waals surface area contributed by atoms with Gasteiger partial charge < -0.3 is 4.74 Å². The second kappa shape index (κ2) is 6.21. The molecule has 0 aliphatic carbocycles. The summed E-state index contributed by atoms with van der Waals surface area (Å²) in [6, 6.07) is 6.07. The summed E-state index contributed by atoms with van der Waals surface area (Å²) in [5.41, 5.74) is 2.66. The average Bonchev–Trinajstić information content (AvgIpc) is 2.36. The molecule has 0 unspecified atom stereocenters. The lowest BCUT2D eigenvalue weighted by Crippen LogP contribution is -2.22. The summed E-state index contributed by atoms with van der Waals surface area (Å²) in [6.45, 7) is 8.24. The molecule has 0 aromatic heterocycles. The van der Waals surface area contributed by atoms with Gasteiger partial charge in [-0.25, -0.2) is 0 Å². The highest BCUT2D eigenvalue weighted by molar-refractivity contribution is 6.82. The SMILES string of the molecule is C=C[Si](C)(C)CCC(=O)c1ccc(OC)c(Cl)c1. The average molecular weight is 283 g/mol. The van der Waals surface area contributed by atoms with Crippen LogP contribution in [0.5, 0.6) is 5.75 Å². The number of rotatable bonds is 6. The summed E-state index contributed by atoms with van der Waals surface area (Å²) in [4.78, 5) is 12.0. The molecule has 0 fully saturated rings. The Morgan fingerprint density at radius 2 is 2.17 bits per heavy atom. The van der Waals surface area contributed by atoms with Crippen LogP contribution in [-0.4, -0.2) is 21.0 Å². The van der Waals surface area contributed by atoms with Gasteiger partial charge in [0, 0.05) is 12.0 Å². The molecule has 0 amide bonds. The first-order chi connectivity index (χ1) is 8.39. The molecule has 0 heterocycles. The largest absolute Gasteiger partial charge is 0.495 e. The van der Waals surface area contributed by atoms with Crippen LogP contribution in [0.15, 0.2) is 30.5 Å². The Hall–Kier alpha value is -1.06. The summed E-state index contributed by atoms with van der Waals surface area (Å²) >= 11 is 6.01. The van der Waals surface area contributed by atoms with Crippen LogP contribution >= 0.6 is 11.6 Å². The number of halogens is 1. The van der Waals surface area contributed by atoms with Crippen molar-refractivity contribution in [2.75, 3.05) is 7.11 Å². The molecule has 0 atom stereocenters. The van der Waals surface area contributed by atoms with E-state index < -0.39 is 8.07 Å². The molecule has 0 saturated heterocycles. The number of methoxy groups -OCH3 is 1. The minimum atomic E-state index is -1.42. The Morgan fingerprint density at radius 1 is 1.50 bits per heavy atom. The highest BCUT2D eigenvalue weighted by atomic mass is 35.5. The number of benzene rings is 1. The van der Waals surface area contributed by atoms with Crippen LogP contribution in [0.1, 0.15) is 16.8 Å². The van der Waals surface area contributed by atoms with E-state index in [9.17, 15) is 4.79 Å². The summed E-state index contributed by atoms with van der Waals surface area (Å²) < 4.78 is 5.06. The summed E-state index contributed by atoms with van der Waals surface area (Å²) in [6.07, 6.45) is 0.550. The van der Waals surface area contributed by atoms with Crippen molar-refractivity contribution in [2.45, 2.75) is 25.6 Å². The number of hydrogen-bond acceptors (Lipinski definition) is 2. The number of carbonyl (C=O) groups excluding carboxylic acids is 1. The van der Waals surface area contributed by atoms with Crippen molar-refractivity contribution in [3.63, 3.8) is 0 Å². The van der Waals surface area contributed by atoms with E-state index >= 15 is 0 Å². The van der Waals surface area contributed by atoms with Crippen LogP contribution in [0, 0.1) is 0 Å². The van der Waals surface area contributed by atoms with Gasteiger partial charge in [-0.15, -0.1) is 12.3 Å². The van der Waals surface area contributed by atoms with Gasteiger partial charge in [0.15, 0.2) is 5.78 Å². The molecule has 0 saturated carbocycles. The van der Waals surface area contributed by atoms with Crippen LogP contribution < -0.4 is 4.74 Å². The van der Waals surface area contributed by atoms with Crippen LogP contribution in [0.2, 0.25) is 24.2 Å². The van der Waals surface area contributed by atoms with Gasteiger partial charge in [-0.3, -0.25) is 4.79 Å². The van der Waals surface area contributed by atoms with Gasteiger partial charge in [0.2, 0.25) is 0 Å². The van der Waals surface area contributed by atoms with Gasteiger partial charge in [0.25, 0.3) is 0 Å². The van der Waals surface area contributed by atoms with Crippen LogP contribution in [0.3, 0.4) is 0 Å². The van der Waals surface area contributed by atoms with Crippen molar-refractivity contribution < 1.29 is 9.53 Å². The zero-order chi connectivity index (χ0) is 13.8. The predicted octanol–water partition coefficient (Wildman–Crippen LogP) is 4.36. The number of carbonyl (C=O) groups is 1. The van der Waals surface area contributed by atoms with E-state index in [1.54, 1.807) is 25.3 Å². The van der Waals surface area contributed by atoms with E-state index in [0.29, 0.717) is 22.8 Å². The molecule has 98 valence electrons. The van der Waals surface area contributed by atoms with Gasteiger partial charge in [-0.05, 0) is 24.2 Å². The van der Waals surface area contributed by atoms with Crippen molar-refractivity contribution in [1.29, 1.82) is 0 Å². The highest BCUT2D eigenvalue weighted by Gasteiger charge is 2.18. The predicted molar refractivity (Wildman–Crippen MR) is 79.4 cm³/mol. The standard InChI is InChI=1S/C14H19ClO2Si/c1-5-18(3,4)9-8-13(16)11-6-7-14(17-2)12(15)10-11/h5-7,10H,1,8-9H2,2-4H3. The van der Waals surface area contributed by atoms with Gasteiger partial charge in [-0.1, -0.05) is 24.7 Å². The Balaban J connectivity index is 2.73. The van der Waals surface area contributed by atoms with E-state index in [1.165, 1.54) is 0 Å². The lowest BCUT2D eigenvalue weighted by Gasteiger charge is -2.16. The highest BCUT2D eigenvalue weighted by Crippen LogP contribution is 2.26. The third-order valence-corrected chi connectivity index (χ3v) is 5.96. The first-order valence-electron chi connectivity index (χ1n) is 5.90. The second-order valence-corrected chi connectivity index (χ2v) is 10.3. The van der Waals surface area contributed by atoms with Crippen molar-refractivity contribution in [1.82, 2.24) is 0 Å². The number of ether oxygens (including phenoxy) is 1. The molecular weight excluding hydrogens is 264 g/mol. The molecule has 2 nitrogen and oxygen atoms in total. The number of hydrogen-bond donors (Lipinski definition) is 0. The monoisotopic (exact) mass is 282 g/mol. The Labute approximate surface area is 115 Å². The fourth-order valence-corrected chi connectivity index (χ4v) is 2.86. The first-order valence-corrected chi connectivity index (χ1v) is 9.56. The van der Waals surface area contributed by atoms with E-state index in [2.05, 4.69) is 19.7 Å². The lowest BCUT2D eigenvalue weighted by molar-refractivity contribution is 0.0988. The molecule has 4 heteroatoms. The Morgan fingerprint density at radius 3 is 2.67 bits per heavy atom. The molecule has 1 aromatic carbocycles. The normalized spacial score (nSPS) is 11.1. The molecule has 1 rings (SSSR count). The maximum Gasteiger partial charge on any atom is 0.162 e. The molecule has 18 heavy (non-hydrogen) atoms. The lowest BCUT2D eigenvalue weighted by atomic mass is 10.1. The van der Waals surface area contributed by atoms with E-state index in [1.807, 2.05) is 5.70 Å². The smallest absolute Gasteiger partial charge is 0.162 e. The van der Waals surface area contributed by atoms with E-state index in [0.717, 1.165) is 6.04 Å². The van der Waals surface area contributed by atoms with Gasteiger partial charge >= 0.3 is 0 Å². The number of Topliss-reactive ketones (excluding diaryl/α,β-unsaturated/α-hetero) is 1. The van der Waals surface area contributed by atoms with Crippen LogP contribution in [0.4, 0.5) is 0 Å². The molecule has 0 aliphatic heterocycles.